The minimum absolute atomic E-state index is 0.00689. The third kappa shape index (κ3) is 8.81. The van der Waals surface area contributed by atoms with Crippen molar-refractivity contribution in [2.75, 3.05) is 27.3 Å². The van der Waals surface area contributed by atoms with E-state index in [1.165, 1.54) is 33.4 Å². The van der Waals surface area contributed by atoms with Crippen LogP contribution in [0.1, 0.15) is 98.9 Å². The van der Waals surface area contributed by atoms with Crippen LogP contribution in [0.3, 0.4) is 0 Å². The topological polar surface area (TPSA) is 202 Å². The Hall–Kier alpha value is -6.97. The van der Waals surface area contributed by atoms with Crippen LogP contribution in [0.25, 0.3) is 44.7 Å². The van der Waals surface area contributed by atoms with Crippen molar-refractivity contribution in [2.24, 2.45) is 11.8 Å². The van der Waals surface area contributed by atoms with Crippen molar-refractivity contribution in [3.05, 3.63) is 81.8 Å². The molecular weight excluding hydrogens is 937 g/mol. The van der Waals surface area contributed by atoms with Gasteiger partial charge in [-0.2, -0.15) is 13.2 Å². The molecule has 0 saturated carbocycles. The van der Waals surface area contributed by atoms with Crippen molar-refractivity contribution >= 4 is 46.2 Å². The number of carbonyl (C=O) groups is 4. The third-order valence-electron chi connectivity index (χ3n) is 13.2. The molecule has 3 aliphatic rings. The molecule has 4 aromatic heterocycles. The molecule has 2 fully saturated rings. The second kappa shape index (κ2) is 18.7. The number of aromatic nitrogens is 6. The first kappa shape index (κ1) is 48.1. The summed E-state index contributed by atoms with van der Waals surface area (Å²) in [5, 5.41) is 6.02. The monoisotopic (exact) mass is 988 g/mol. The highest BCUT2D eigenvalue weighted by atomic mass is 32.1. The van der Waals surface area contributed by atoms with E-state index in [0.29, 0.717) is 77.4 Å². The second-order valence-corrected chi connectivity index (χ2v) is 19.6. The van der Waals surface area contributed by atoms with Gasteiger partial charge >= 0.3 is 18.4 Å². The Balaban J connectivity index is 1.06. The smallest absolute Gasteiger partial charge is 0.434 e. The molecule has 0 aliphatic carbocycles. The maximum atomic E-state index is 16.9. The molecule has 3 aliphatic heterocycles. The van der Waals surface area contributed by atoms with Gasteiger partial charge in [0.05, 0.1) is 76.7 Å². The van der Waals surface area contributed by atoms with Crippen LogP contribution in [-0.4, -0.2) is 103 Å². The molecule has 2 saturated heterocycles. The minimum Gasteiger partial charge on any atom is -0.464 e. The normalized spacial score (nSPS) is 18.7. The van der Waals surface area contributed by atoms with Gasteiger partial charge in [-0.25, -0.2) is 28.9 Å². The highest BCUT2D eigenvalue weighted by molar-refractivity contribution is 7.11. The predicted octanol–water partition coefficient (Wildman–Crippen LogP) is 9.04. The third-order valence-corrected chi connectivity index (χ3v) is 14.2. The van der Waals surface area contributed by atoms with Crippen LogP contribution < -0.4 is 15.4 Å². The number of hydrogen-bond donors (Lipinski definition) is 4. The van der Waals surface area contributed by atoms with Gasteiger partial charge in [0.1, 0.15) is 35.3 Å². The molecule has 5 atom stereocenters. The lowest BCUT2D eigenvalue weighted by Gasteiger charge is -2.30. The molecule has 70 heavy (non-hydrogen) atoms. The van der Waals surface area contributed by atoms with Gasteiger partial charge in [-0.1, -0.05) is 33.8 Å². The van der Waals surface area contributed by atoms with Crippen molar-refractivity contribution in [1.82, 2.24) is 49.9 Å². The summed E-state index contributed by atoms with van der Waals surface area (Å²) in [5.74, 6) is -0.741. The number of alkyl carbamates (subject to hydrolysis) is 2. The number of carbonyl (C=O) groups excluding carboxylic acids is 4. The number of likely N-dealkylation sites (tertiary alicyclic amines) is 2. The number of aromatic amines is 2. The number of halogens is 4. The van der Waals surface area contributed by atoms with Gasteiger partial charge in [0.2, 0.25) is 18.0 Å². The van der Waals surface area contributed by atoms with Crippen molar-refractivity contribution in [2.45, 2.75) is 96.9 Å². The lowest BCUT2D eigenvalue weighted by molar-refractivity contribution is -0.142. The second-order valence-electron chi connectivity index (χ2n) is 18.4. The molecule has 4 amide bonds. The number of nitrogens with one attached hydrogen (secondary N) is 4. The zero-order chi connectivity index (χ0) is 49.9. The Morgan fingerprint density at radius 3 is 1.90 bits per heavy atom. The summed E-state index contributed by atoms with van der Waals surface area (Å²) in [4.78, 5) is 74.7. The standard InChI is InChI=1S/C48H52F4N10O7S/c1-22(2)37(58-46(65)67-6)43(63)60-14-8-10-32(60)41-53-20-29(56-41)25-12-13-31-27(16-25)18-34-36-28(49)17-26(19-35(36)69-45(62(31)34)39-40(48(50,51)52)55-24(5)70-39)30-21-54-42(57-30)33-11-9-15-61(33)44(64)38(23(3)4)59-47(66)68-7/h12-13,16-23,32-33,37-38,45H,8-11,14-15H2,1-7H3,(H,53,56)(H,54,57)(H,58,65)(H,59,66)/t32-,33-,37?,38?,45?/m0/s1. The molecule has 9 rings (SSSR count). The summed E-state index contributed by atoms with van der Waals surface area (Å²) in [6.45, 7) is 9.67. The molecule has 6 aromatic rings. The van der Waals surface area contributed by atoms with Crippen LogP contribution in [0.15, 0.2) is 48.8 Å². The van der Waals surface area contributed by atoms with E-state index in [0.717, 1.165) is 17.8 Å². The number of methoxy groups -OCH3 is 2. The summed E-state index contributed by atoms with van der Waals surface area (Å²) in [6, 6.07) is 7.38. The number of aryl methyl sites for hydroxylation is 1. The number of rotatable bonds is 11. The van der Waals surface area contributed by atoms with E-state index in [-0.39, 0.29) is 50.5 Å². The van der Waals surface area contributed by atoms with E-state index in [1.54, 1.807) is 44.8 Å². The molecule has 4 N–H and O–H groups in total. The predicted molar refractivity (Wildman–Crippen MR) is 249 cm³/mol. The Morgan fingerprint density at radius 1 is 0.814 bits per heavy atom. The fourth-order valence-corrected chi connectivity index (χ4v) is 10.7. The number of H-pyrrole nitrogens is 2. The molecule has 7 heterocycles. The highest BCUT2D eigenvalue weighted by Gasteiger charge is 2.44. The van der Waals surface area contributed by atoms with Crippen LogP contribution in [0.5, 0.6) is 5.75 Å². The van der Waals surface area contributed by atoms with Crippen LogP contribution in [0.2, 0.25) is 0 Å². The lowest BCUT2D eigenvalue weighted by atomic mass is 10.0. The lowest BCUT2D eigenvalue weighted by Crippen LogP contribution is -2.51. The average Bonchev–Trinajstić information content (AvgIpc) is 4.18. The Morgan fingerprint density at radius 2 is 1.37 bits per heavy atom. The van der Waals surface area contributed by atoms with Gasteiger partial charge in [-0.3, -0.25) is 14.2 Å². The summed E-state index contributed by atoms with van der Waals surface area (Å²) in [6.07, 6.45) is -1.91. The van der Waals surface area contributed by atoms with E-state index < -0.39 is 60.3 Å². The van der Waals surface area contributed by atoms with Crippen molar-refractivity contribution in [3.8, 4) is 39.5 Å². The Labute approximate surface area is 403 Å². The maximum Gasteiger partial charge on any atom is 0.434 e. The van der Waals surface area contributed by atoms with Crippen LogP contribution in [0.4, 0.5) is 27.2 Å². The summed E-state index contributed by atoms with van der Waals surface area (Å²) >= 11 is 0.837. The molecule has 17 nitrogen and oxygen atoms in total. The summed E-state index contributed by atoms with van der Waals surface area (Å²) in [5.41, 5.74) is 1.64. The van der Waals surface area contributed by atoms with Gasteiger partial charge in [0.15, 0.2) is 5.69 Å². The Kier molecular flexibility index (Phi) is 12.9. The zero-order valence-electron chi connectivity index (χ0n) is 39.4. The molecule has 0 bridgehead atoms. The number of thiazole rings is 1. The fourth-order valence-electron chi connectivity index (χ4n) is 9.78. The number of amides is 4. The number of ether oxygens (including phenoxy) is 3. The van der Waals surface area contributed by atoms with E-state index in [2.05, 4.69) is 35.6 Å². The molecule has 370 valence electrons. The van der Waals surface area contributed by atoms with Gasteiger partial charge in [-0.15, -0.1) is 11.3 Å². The van der Waals surface area contributed by atoms with Crippen molar-refractivity contribution < 1.29 is 51.0 Å². The molecule has 3 unspecified atom stereocenters. The molecule has 22 heteroatoms. The number of nitrogens with zero attached hydrogens (tertiary/aromatic N) is 6. The first-order chi connectivity index (χ1) is 33.4. The maximum absolute atomic E-state index is 16.9. The van der Waals surface area contributed by atoms with Gasteiger partial charge in [0, 0.05) is 29.6 Å². The Bertz CT molecular complexity index is 3000. The van der Waals surface area contributed by atoms with E-state index in [4.69, 9.17) is 14.2 Å². The number of benzene rings is 2. The van der Waals surface area contributed by atoms with E-state index in [1.807, 2.05) is 33.8 Å². The van der Waals surface area contributed by atoms with Crippen LogP contribution in [-0.2, 0) is 25.2 Å². The van der Waals surface area contributed by atoms with Crippen molar-refractivity contribution in [1.29, 1.82) is 0 Å². The molecule has 2 aromatic carbocycles. The first-order valence-electron chi connectivity index (χ1n) is 23.0. The fraction of sp³-hybridized carbons (Fsp3) is 0.438. The minimum atomic E-state index is -4.83. The van der Waals surface area contributed by atoms with E-state index in [9.17, 15) is 32.3 Å². The van der Waals surface area contributed by atoms with E-state index >= 15 is 4.39 Å². The first-order valence-corrected chi connectivity index (χ1v) is 23.8. The van der Waals surface area contributed by atoms with Gasteiger partial charge in [0.25, 0.3) is 0 Å². The molecule has 0 spiro atoms. The van der Waals surface area contributed by atoms with Crippen LogP contribution in [0, 0.1) is 24.6 Å². The zero-order valence-corrected chi connectivity index (χ0v) is 40.2. The number of hydrogen-bond acceptors (Lipinski definition) is 11. The summed E-state index contributed by atoms with van der Waals surface area (Å²) in [7, 11) is 2.46. The summed E-state index contributed by atoms with van der Waals surface area (Å²) < 4.78 is 78.6. The van der Waals surface area contributed by atoms with Crippen LogP contribution >= 0.6 is 11.3 Å². The number of alkyl halides is 3. The SMILES string of the molecule is COC(=O)NC(C(=O)N1CCC[C@H]1c1ncc(-c2cc(F)c3c(c2)OC(c2sc(C)nc2C(F)(F)F)n2c-3cc3cc(-c4cnc([C@@H]5CCCN5C(=O)C(NC(=O)OC)C(C)C)[nH]4)ccc32)[nH]1)C(C)C. The highest BCUT2D eigenvalue weighted by Crippen LogP contribution is 2.50. The quantitative estimate of drug-likeness (QED) is 0.0908. The van der Waals surface area contributed by atoms with Gasteiger partial charge in [-0.05, 0) is 74.8 Å². The average molecular weight is 989 g/mol. The number of fused-ring (bicyclic) bond motifs is 5. The molecule has 0 radical (unpaired) electrons. The molecular formula is C48H52F4N10O7S. The van der Waals surface area contributed by atoms with Gasteiger partial charge < -0.3 is 44.6 Å². The number of imidazole rings is 2. The van der Waals surface area contributed by atoms with Crippen molar-refractivity contribution in [3.63, 3.8) is 0 Å². The largest absolute Gasteiger partial charge is 0.464 e.